The highest BCUT2D eigenvalue weighted by Gasteiger charge is 2.24. The lowest BCUT2D eigenvalue weighted by Crippen LogP contribution is -2.25. The quantitative estimate of drug-likeness (QED) is 0.149. The first-order chi connectivity index (χ1) is 18.4. The molecule has 194 valence electrons. The monoisotopic (exact) mass is 530 g/mol. The van der Waals surface area contributed by atoms with Crippen molar-refractivity contribution in [2.24, 2.45) is 5.10 Å². The van der Waals surface area contributed by atoms with Gasteiger partial charge in [-0.15, -0.1) is 0 Å². The molecule has 0 radical (unpaired) electrons. The van der Waals surface area contributed by atoms with Crippen molar-refractivity contribution in [2.45, 2.75) is 51.6 Å². The van der Waals surface area contributed by atoms with Crippen molar-refractivity contribution >= 4 is 34.4 Å². The molecule has 1 aromatic heterocycles. The van der Waals surface area contributed by atoms with E-state index in [4.69, 9.17) is 21.3 Å². The van der Waals surface area contributed by atoms with Crippen molar-refractivity contribution in [2.75, 3.05) is 0 Å². The molecule has 0 bridgehead atoms. The number of nitro groups is 1. The molecule has 0 saturated heterocycles. The van der Waals surface area contributed by atoms with Crippen LogP contribution in [-0.2, 0) is 6.61 Å². The fraction of sp³-hybridized carbons (Fsp3) is 0.276. The Morgan fingerprint density at radius 1 is 1.13 bits per heavy atom. The molecule has 1 aliphatic carbocycles. The van der Waals surface area contributed by atoms with E-state index in [1.54, 1.807) is 18.2 Å². The van der Waals surface area contributed by atoms with Gasteiger partial charge < -0.3 is 4.74 Å². The lowest BCUT2D eigenvalue weighted by atomic mass is 9.88. The Balaban J connectivity index is 1.59. The van der Waals surface area contributed by atoms with Gasteiger partial charge in [-0.1, -0.05) is 72.8 Å². The van der Waals surface area contributed by atoms with Gasteiger partial charge in [0, 0.05) is 22.6 Å². The van der Waals surface area contributed by atoms with Gasteiger partial charge in [-0.05, 0) is 43.5 Å². The van der Waals surface area contributed by atoms with Crippen LogP contribution in [0.5, 0.6) is 5.75 Å². The number of hydrogen-bond donors (Lipinski definition) is 0. The second kappa shape index (κ2) is 11.1. The minimum absolute atomic E-state index is 0.0322. The molecule has 38 heavy (non-hydrogen) atoms. The molecule has 0 spiro atoms. The van der Waals surface area contributed by atoms with Crippen LogP contribution in [0, 0.1) is 17.0 Å². The number of hydrogen-bond acceptors (Lipinski definition) is 6. The van der Waals surface area contributed by atoms with Crippen LogP contribution < -0.4 is 10.3 Å². The number of benzene rings is 3. The minimum Gasteiger partial charge on any atom is -0.481 e. The maximum Gasteiger partial charge on any atom is 0.313 e. The molecule has 0 aliphatic heterocycles. The molecule has 0 amide bonds. The second-order valence-corrected chi connectivity index (χ2v) is 9.99. The van der Waals surface area contributed by atoms with Crippen LogP contribution in [0.15, 0.2) is 70.6 Å². The summed E-state index contributed by atoms with van der Waals surface area (Å²) in [5.74, 6) is 0.734. The van der Waals surface area contributed by atoms with E-state index >= 15 is 0 Å². The SMILES string of the molecule is Cc1ccc(COc2c(C=Nn3c(C4CCCCC4)nc4ccccc4c3=O)cc(Cl)cc2[N+](=O)[O-])cc1. The van der Waals surface area contributed by atoms with Crippen LogP contribution >= 0.6 is 11.6 Å². The molecular formula is C29H27ClN4O4. The number of aromatic nitrogens is 2. The highest BCUT2D eigenvalue weighted by molar-refractivity contribution is 6.31. The van der Waals surface area contributed by atoms with E-state index in [9.17, 15) is 14.9 Å². The first kappa shape index (κ1) is 25.6. The molecule has 1 heterocycles. The normalized spacial score (nSPS) is 14.3. The summed E-state index contributed by atoms with van der Waals surface area (Å²) in [7, 11) is 0. The highest BCUT2D eigenvalue weighted by Crippen LogP contribution is 2.35. The van der Waals surface area contributed by atoms with Crippen LogP contribution in [0.4, 0.5) is 5.69 Å². The second-order valence-electron chi connectivity index (χ2n) is 9.56. The topological polar surface area (TPSA) is 99.6 Å². The van der Waals surface area contributed by atoms with Gasteiger partial charge in [0.1, 0.15) is 12.4 Å². The zero-order valence-corrected chi connectivity index (χ0v) is 21.7. The van der Waals surface area contributed by atoms with Gasteiger partial charge in [-0.25, -0.2) is 4.98 Å². The van der Waals surface area contributed by atoms with E-state index in [1.165, 1.54) is 17.0 Å². The summed E-state index contributed by atoms with van der Waals surface area (Å²) in [6.45, 7) is 2.10. The van der Waals surface area contributed by atoms with Gasteiger partial charge in [-0.2, -0.15) is 9.78 Å². The number of para-hydroxylation sites is 1. The third kappa shape index (κ3) is 5.45. The molecule has 1 saturated carbocycles. The van der Waals surface area contributed by atoms with Crippen LogP contribution in [-0.4, -0.2) is 20.8 Å². The predicted molar refractivity (Wildman–Crippen MR) is 148 cm³/mol. The predicted octanol–water partition coefficient (Wildman–Crippen LogP) is 6.78. The highest BCUT2D eigenvalue weighted by atomic mass is 35.5. The van der Waals surface area contributed by atoms with Crippen LogP contribution in [0.2, 0.25) is 5.02 Å². The first-order valence-electron chi connectivity index (χ1n) is 12.6. The zero-order chi connectivity index (χ0) is 26.6. The molecule has 0 atom stereocenters. The molecule has 5 rings (SSSR count). The van der Waals surface area contributed by atoms with Crippen molar-refractivity contribution in [3.05, 3.63) is 109 Å². The zero-order valence-electron chi connectivity index (χ0n) is 21.0. The Morgan fingerprint density at radius 2 is 1.87 bits per heavy atom. The lowest BCUT2D eigenvalue weighted by Gasteiger charge is -2.22. The maximum absolute atomic E-state index is 13.5. The Labute approximate surface area is 224 Å². The van der Waals surface area contributed by atoms with E-state index in [0.717, 1.165) is 43.2 Å². The van der Waals surface area contributed by atoms with Gasteiger partial charge in [0.05, 0.1) is 22.0 Å². The third-order valence-corrected chi connectivity index (χ3v) is 7.04. The first-order valence-corrected chi connectivity index (χ1v) is 13.0. The molecule has 9 heteroatoms. The summed E-state index contributed by atoms with van der Waals surface area (Å²) in [6.07, 6.45) is 6.53. The molecule has 0 N–H and O–H groups in total. The average Bonchev–Trinajstić information content (AvgIpc) is 2.93. The van der Waals surface area contributed by atoms with E-state index < -0.39 is 4.92 Å². The largest absolute Gasteiger partial charge is 0.481 e. The van der Waals surface area contributed by atoms with E-state index in [-0.39, 0.29) is 34.5 Å². The maximum atomic E-state index is 13.5. The summed E-state index contributed by atoms with van der Waals surface area (Å²) in [4.78, 5) is 29.7. The number of nitrogens with zero attached hydrogens (tertiary/aromatic N) is 4. The van der Waals surface area contributed by atoms with Gasteiger partial charge >= 0.3 is 5.69 Å². The number of fused-ring (bicyclic) bond motifs is 1. The van der Waals surface area contributed by atoms with Gasteiger partial charge in [0.15, 0.2) is 0 Å². The van der Waals surface area contributed by atoms with Gasteiger partial charge in [-0.3, -0.25) is 14.9 Å². The van der Waals surface area contributed by atoms with Crippen LogP contribution in [0.3, 0.4) is 0 Å². The molecule has 1 aliphatic rings. The van der Waals surface area contributed by atoms with E-state index in [2.05, 4.69) is 5.10 Å². The molecule has 0 unspecified atom stereocenters. The number of nitro benzene ring substituents is 1. The summed E-state index contributed by atoms with van der Waals surface area (Å²) in [5, 5.41) is 17.0. The van der Waals surface area contributed by atoms with Crippen LogP contribution in [0.1, 0.15) is 60.5 Å². The molecule has 8 nitrogen and oxygen atoms in total. The summed E-state index contributed by atoms with van der Waals surface area (Å²) >= 11 is 6.24. The van der Waals surface area contributed by atoms with Crippen molar-refractivity contribution in [1.29, 1.82) is 0 Å². The van der Waals surface area contributed by atoms with E-state index in [1.807, 2.05) is 43.3 Å². The smallest absolute Gasteiger partial charge is 0.313 e. The molecule has 3 aromatic carbocycles. The summed E-state index contributed by atoms with van der Waals surface area (Å²) < 4.78 is 7.28. The Bertz CT molecular complexity index is 1570. The van der Waals surface area contributed by atoms with Crippen molar-refractivity contribution in [3.8, 4) is 5.75 Å². The molecular weight excluding hydrogens is 504 g/mol. The minimum atomic E-state index is -0.537. The van der Waals surface area contributed by atoms with Crippen molar-refractivity contribution in [3.63, 3.8) is 0 Å². The fourth-order valence-corrected chi connectivity index (χ4v) is 5.05. The summed E-state index contributed by atoms with van der Waals surface area (Å²) in [5.41, 5.74) is 2.32. The Morgan fingerprint density at radius 3 is 2.61 bits per heavy atom. The Kier molecular flexibility index (Phi) is 7.51. The van der Waals surface area contributed by atoms with Gasteiger partial charge in [0.2, 0.25) is 5.75 Å². The van der Waals surface area contributed by atoms with Gasteiger partial charge in [0.25, 0.3) is 5.56 Å². The molecule has 1 fully saturated rings. The third-order valence-electron chi connectivity index (χ3n) is 6.82. The summed E-state index contributed by atoms with van der Waals surface area (Å²) in [6, 6.07) is 17.7. The Hall–Kier alpha value is -4.04. The number of ether oxygens (including phenoxy) is 1. The lowest BCUT2D eigenvalue weighted by molar-refractivity contribution is -0.385. The van der Waals surface area contributed by atoms with E-state index in [0.29, 0.717) is 22.3 Å². The molecule has 4 aromatic rings. The number of halogens is 1. The van der Waals surface area contributed by atoms with Crippen LogP contribution in [0.25, 0.3) is 10.9 Å². The average molecular weight is 531 g/mol. The standard InChI is InChI=1S/C29H27ClN4O4/c1-19-11-13-20(14-12-19)18-38-27-22(15-23(30)16-26(27)34(36)37)17-31-33-28(21-7-3-2-4-8-21)32-25-10-6-5-9-24(25)29(33)35/h5-6,9-17,21H,2-4,7-8,18H2,1H3. The fourth-order valence-electron chi connectivity index (χ4n) is 4.83. The number of rotatable bonds is 7. The van der Waals surface area contributed by atoms with Crippen molar-refractivity contribution < 1.29 is 9.66 Å². The van der Waals surface area contributed by atoms with Crippen molar-refractivity contribution in [1.82, 2.24) is 9.66 Å². The number of aryl methyl sites for hydroxylation is 1.